The SMILES string of the molecule is CN1CCN(S(=O)(=O)N2CCC(CO)CC2)CC1(C)C. The number of piperidine rings is 1. The summed E-state index contributed by atoms with van der Waals surface area (Å²) in [5.74, 6) is 0.255. The summed E-state index contributed by atoms with van der Waals surface area (Å²) in [7, 11) is -1.31. The molecule has 0 saturated carbocycles. The lowest BCUT2D eigenvalue weighted by Crippen LogP contribution is -2.61. The lowest BCUT2D eigenvalue weighted by atomic mass is 10.00. The summed E-state index contributed by atoms with van der Waals surface area (Å²) in [5, 5.41) is 9.14. The summed E-state index contributed by atoms with van der Waals surface area (Å²) in [6.45, 7) is 7.22. The third-order valence-electron chi connectivity index (χ3n) is 4.77. The number of hydrogen-bond acceptors (Lipinski definition) is 4. The molecule has 0 aromatic carbocycles. The molecule has 2 saturated heterocycles. The minimum absolute atomic E-state index is 0.130. The number of piperazine rings is 1. The highest BCUT2D eigenvalue weighted by Crippen LogP contribution is 2.25. The minimum atomic E-state index is -3.35. The Balaban J connectivity index is 2.04. The molecule has 0 radical (unpaired) electrons. The van der Waals surface area contributed by atoms with Gasteiger partial charge in [-0.2, -0.15) is 17.0 Å². The van der Waals surface area contributed by atoms with Crippen molar-refractivity contribution in [1.29, 1.82) is 0 Å². The van der Waals surface area contributed by atoms with Crippen LogP contribution < -0.4 is 0 Å². The van der Waals surface area contributed by atoms with Gasteiger partial charge in [0.1, 0.15) is 0 Å². The molecular weight excluding hydrogens is 278 g/mol. The highest BCUT2D eigenvalue weighted by molar-refractivity contribution is 7.86. The highest BCUT2D eigenvalue weighted by atomic mass is 32.2. The summed E-state index contributed by atoms with van der Waals surface area (Å²) in [6, 6.07) is 0. The van der Waals surface area contributed by atoms with Gasteiger partial charge >= 0.3 is 0 Å². The average molecular weight is 305 g/mol. The molecule has 2 rings (SSSR count). The van der Waals surface area contributed by atoms with Crippen LogP contribution in [-0.2, 0) is 10.2 Å². The van der Waals surface area contributed by atoms with Crippen LogP contribution in [0, 0.1) is 5.92 Å². The van der Waals surface area contributed by atoms with Gasteiger partial charge in [0, 0.05) is 44.9 Å². The Kier molecular flexibility index (Phi) is 4.76. The number of aliphatic hydroxyl groups is 1. The molecule has 0 atom stereocenters. The first-order chi connectivity index (χ1) is 9.27. The third kappa shape index (κ3) is 3.17. The van der Waals surface area contributed by atoms with Gasteiger partial charge < -0.3 is 5.11 Å². The van der Waals surface area contributed by atoms with Crippen LogP contribution in [0.15, 0.2) is 0 Å². The Morgan fingerprint density at radius 3 is 2.20 bits per heavy atom. The zero-order chi connectivity index (χ0) is 15.0. The topological polar surface area (TPSA) is 64.1 Å². The molecule has 0 aromatic heterocycles. The molecule has 6 nitrogen and oxygen atoms in total. The van der Waals surface area contributed by atoms with E-state index >= 15 is 0 Å². The van der Waals surface area contributed by atoms with Crippen molar-refractivity contribution >= 4 is 10.2 Å². The minimum Gasteiger partial charge on any atom is -0.396 e. The van der Waals surface area contributed by atoms with Crippen LogP contribution in [0.5, 0.6) is 0 Å². The van der Waals surface area contributed by atoms with Crippen molar-refractivity contribution < 1.29 is 13.5 Å². The first kappa shape index (κ1) is 16.2. The van der Waals surface area contributed by atoms with Gasteiger partial charge in [-0.05, 0) is 39.7 Å². The van der Waals surface area contributed by atoms with E-state index in [1.807, 2.05) is 7.05 Å². The van der Waals surface area contributed by atoms with Crippen LogP contribution in [-0.4, -0.2) is 79.0 Å². The Bertz CT molecular complexity index is 430. The van der Waals surface area contributed by atoms with Gasteiger partial charge in [0.05, 0.1) is 0 Å². The number of hydrogen-bond donors (Lipinski definition) is 1. The first-order valence-corrected chi connectivity index (χ1v) is 8.74. The van der Waals surface area contributed by atoms with Crippen molar-refractivity contribution in [2.75, 3.05) is 46.4 Å². The van der Waals surface area contributed by atoms with Gasteiger partial charge in [0.2, 0.25) is 0 Å². The Labute approximate surface area is 122 Å². The van der Waals surface area contributed by atoms with Gasteiger partial charge in [-0.15, -0.1) is 0 Å². The van der Waals surface area contributed by atoms with Gasteiger partial charge in [-0.1, -0.05) is 0 Å². The van der Waals surface area contributed by atoms with Crippen LogP contribution in [0.4, 0.5) is 0 Å². The quantitative estimate of drug-likeness (QED) is 0.795. The second kappa shape index (κ2) is 5.88. The van der Waals surface area contributed by atoms with E-state index < -0.39 is 10.2 Å². The number of aliphatic hydroxyl groups excluding tert-OH is 1. The molecule has 2 aliphatic rings. The van der Waals surface area contributed by atoms with E-state index in [0.29, 0.717) is 26.2 Å². The molecule has 2 aliphatic heterocycles. The normalized spacial score (nSPS) is 27.8. The Morgan fingerprint density at radius 1 is 1.10 bits per heavy atom. The molecular formula is C13H27N3O3S. The van der Waals surface area contributed by atoms with Crippen LogP contribution in [0.2, 0.25) is 0 Å². The molecule has 7 heteroatoms. The van der Waals surface area contributed by atoms with E-state index in [1.54, 1.807) is 8.61 Å². The summed E-state index contributed by atoms with van der Waals surface area (Å²) >= 11 is 0. The van der Waals surface area contributed by atoms with E-state index in [4.69, 9.17) is 5.11 Å². The largest absolute Gasteiger partial charge is 0.396 e. The molecule has 2 fully saturated rings. The van der Waals surface area contributed by atoms with Crippen molar-refractivity contribution in [2.24, 2.45) is 5.92 Å². The zero-order valence-corrected chi connectivity index (χ0v) is 13.6. The molecule has 0 unspecified atom stereocenters. The molecule has 0 spiro atoms. The third-order valence-corrected chi connectivity index (χ3v) is 6.75. The Hall–Kier alpha value is -0.210. The van der Waals surface area contributed by atoms with Crippen LogP contribution in [0.25, 0.3) is 0 Å². The van der Waals surface area contributed by atoms with E-state index in [1.165, 1.54) is 0 Å². The Morgan fingerprint density at radius 2 is 1.70 bits per heavy atom. The smallest absolute Gasteiger partial charge is 0.282 e. The summed E-state index contributed by atoms with van der Waals surface area (Å²) in [5.41, 5.74) is -0.130. The lowest BCUT2D eigenvalue weighted by Gasteiger charge is -2.46. The monoisotopic (exact) mass is 305 g/mol. The van der Waals surface area contributed by atoms with E-state index in [2.05, 4.69) is 18.7 Å². The van der Waals surface area contributed by atoms with Crippen molar-refractivity contribution in [2.45, 2.75) is 32.2 Å². The maximum absolute atomic E-state index is 12.7. The molecule has 1 N–H and O–H groups in total. The first-order valence-electron chi connectivity index (χ1n) is 7.34. The second-order valence-corrected chi connectivity index (χ2v) is 8.53. The molecule has 0 aliphatic carbocycles. The highest BCUT2D eigenvalue weighted by Gasteiger charge is 2.39. The van der Waals surface area contributed by atoms with E-state index in [-0.39, 0.29) is 18.1 Å². The fourth-order valence-electron chi connectivity index (χ4n) is 2.88. The van der Waals surface area contributed by atoms with Gasteiger partial charge in [0.15, 0.2) is 0 Å². The fourth-order valence-corrected chi connectivity index (χ4v) is 4.67. The van der Waals surface area contributed by atoms with Gasteiger partial charge in [-0.3, -0.25) is 4.90 Å². The molecule has 0 aromatic rings. The molecule has 118 valence electrons. The number of nitrogens with zero attached hydrogens (tertiary/aromatic N) is 3. The maximum Gasteiger partial charge on any atom is 0.282 e. The van der Waals surface area contributed by atoms with Crippen molar-refractivity contribution in [3.63, 3.8) is 0 Å². The predicted octanol–water partition coefficient (Wildman–Crippen LogP) is -0.0385. The van der Waals surface area contributed by atoms with Crippen molar-refractivity contribution in [3.8, 4) is 0 Å². The standard InChI is InChI=1S/C13H27N3O3S/c1-13(2)11-16(9-8-14(13)3)20(18,19)15-6-4-12(10-17)5-7-15/h12,17H,4-11H2,1-3H3. The van der Waals surface area contributed by atoms with Gasteiger partial charge in [-0.25, -0.2) is 0 Å². The molecule has 0 bridgehead atoms. The van der Waals surface area contributed by atoms with E-state index in [9.17, 15) is 8.42 Å². The lowest BCUT2D eigenvalue weighted by molar-refractivity contribution is 0.0749. The van der Waals surface area contributed by atoms with Crippen molar-refractivity contribution in [3.05, 3.63) is 0 Å². The molecule has 2 heterocycles. The summed E-state index contributed by atoms with van der Waals surface area (Å²) in [6.07, 6.45) is 1.51. The second-order valence-electron chi connectivity index (χ2n) is 6.60. The molecule has 20 heavy (non-hydrogen) atoms. The predicted molar refractivity (Wildman–Crippen MR) is 78.6 cm³/mol. The van der Waals surface area contributed by atoms with Crippen LogP contribution >= 0.6 is 0 Å². The fraction of sp³-hybridized carbons (Fsp3) is 1.00. The zero-order valence-electron chi connectivity index (χ0n) is 12.7. The number of likely N-dealkylation sites (N-methyl/N-ethyl adjacent to an activating group) is 1. The number of rotatable bonds is 3. The molecule has 0 amide bonds. The maximum atomic E-state index is 12.7. The van der Waals surface area contributed by atoms with E-state index in [0.717, 1.165) is 19.4 Å². The van der Waals surface area contributed by atoms with Crippen LogP contribution in [0.3, 0.4) is 0 Å². The van der Waals surface area contributed by atoms with Crippen molar-refractivity contribution in [1.82, 2.24) is 13.5 Å². The summed E-state index contributed by atoms with van der Waals surface area (Å²) < 4.78 is 28.6. The van der Waals surface area contributed by atoms with Crippen LogP contribution in [0.1, 0.15) is 26.7 Å². The van der Waals surface area contributed by atoms with Gasteiger partial charge in [0.25, 0.3) is 10.2 Å². The average Bonchev–Trinajstić information content (AvgIpc) is 2.41. The summed E-state index contributed by atoms with van der Waals surface area (Å²) in [4.78, 5) is 2.21.